The van der Waals surface area contributed by atoms with Gasteiger partial charge in [-0.15, -0.1) is 0 Å². The summed E-state index contributed by atoms with van der Waals surface area (Å²) in [5.74, 6) is 6.33. The average molecular weight is 228 g/mol. The lowest BCUT2D eigenvalue weighted by atomic mass is 10.2. The highest BCUT2D eigenvalue weighted by Gasteiger charge is 2.05. The van der Waals surface area contributed by atoms with E-state index in [1.54, 1.807) is 18.2 Å². The molecule has 0 atom stereocenters. The Bertz CT molecular complexity index is 580. The third-order valence-corrected chi connectivity index (χ3v) is 2.25. The molecule has 86 valence electrons. The second kappa shape index (κ2) is 4.63. The maximum atomic E-state index is 9.68. The number of phenols is 1. The number of aliphatic imine (C=N–C) groups is 1. The van der Waals surface area contributed by atoms with Gasteiger partial charge in [-0.3, -0.25) is 5.01 Å². The van der Waals surface area contributed by atoms with Crippen LogP contribution in [0.5, 0.6) is 5.75 Å². The number of fused-ring (bicyclic) bond motifs is 1. The van der Waals surface area contributed by atoms with Crippen molar-refractivity contribution < 1.29 is 5.11 Å². The fourth-order valence-electron chi connectivity index (χ4n) is 1.44. The zero-order chi connectivity index (χ0) is 12.3. The summed E-state index contributed by atoms with van der Waals surface area (Å²) >= 11 is 0. The summed E-state index contributed by atoms with van der Waals surface area (Å²) in [6.07, 6.45) is 2.76. The topological polar surface area (TPSA) is 74.7 Å². The van der Waals surface area contributed by atoms with Crippen LogP contribution < -0.4 is 10.9 Å². The highest BCUT2D eigenvalue weighted by atomic mass is 16.3. The van der Waals surface area contributed by atoms with Crippen molar-refractivity contribution in [3.8, 4) is 5.75 Å². The number of pyridine rings is 1. The van der Waals surface area contributed by atoms with Gasteiger partial charge in [-0.2, -0.15) is 0 Å². The lowest BCUT2D eigenvalue weighted by Gasteiger charge is -2.11. The van der Waals surface area contributed by atoms with E-state index in [1.807, 2.05) is 12.1 Å². The Labute approximate surface area is 98.5 Å². The molecule has 2 rings (SSSR count). The van der Waals surface area contributed by atoms with Crippen LogP contribution in [0.15, 0.2) is 48.1 Å². The van der Waals surface area contributed by atoms with Gasteiger partial charge in [0, 0.05) is 11.6 Å². The van der Waals surface area contributed by atoms with E-state index in [0.29, 0.717) is 11.3 Å². The summed E-state index contributed by atoms with van der Waals surface area (Å²) in [6, 6.07) is 8.79. The van der Waals surface area contributed by atoms with Gasteiger partial charge in [0.05, 0.1) is 0 Å². The van der Waals surface area contributed by atoms with E-state index in [-0.39, 0.29) is 5.75 Å². The molecular weight excluding hydrogens is 216 g/mol. The highest BCUT2D eigenvalue weighted by Crippen LogP contribution is 2.24. The monoisotopic (exact) mass is 228 g/mol. The van der Waals surface area contributed by atoms with Gasteiger partial charge < -0.3 is 5.11 Å². The van der Waals surface area contributed by atoms with Crippen molar-refractivity contribution in [2.24, 2.45) is 10.8 Å². The number of phenolic OH excluding ortho intramolecular Hbond substituents is 1. The Hall–Kier alpha value is -2.40. The van der Waals surface area contributed by atoms with E-state index in [2.05, 4.69) is 16.6 Å². The lowest BCUT2D eigenvalue weighted by Crippen LogP contribution is -2.29. The van der Waals surface area contributed by atoms with Gasteiger partial charge in [0.1, 0.15) is 23.4 Å². The quantitative estimate of drug-likeness (QED) is 0.363. The predicted octanol–water partition coefficient (Wildman–Crippen LogP) is 1.79. The van der Waals surface area contributed by atoms with Crippen molar-refractivity contribution in [1.29, 1.82) is 0 Å². The van der Waals surface area contributed by atoms with Gasteiger partial charge in [0.15, 0.2) is 0 Å². The van der Waals surface area contributed by atoms with Crippen molar-refractivity contribution in [3.05, 3.63) is 43.1 Å². The van der Waals surface area contributed by atoms with Crippen molar-refractivity contribution in [2.45, 2.75) is 0 Å². The van der Waals surface area contributed by atoms with Gasteiger partial charge in [-0.1, -0.05) is 18.7 Å². The molecule has 0 radical (unpaired) electrons. The van der Waals surface area contributed by atoms with Crippen LogP contribution in [-0.2, 0) is 0 Å². The minimum absolute atomic E-state index is 0.124. The summed E-state index contributed by atoms with van der Waals surface area (Å²) in [5.41, 5.74) is 0.507. The summed E-state index contributed by atoms with van der Waals surface area (Å²) in [7, 11) is 0. The first-order valence-electron chi connectivity index (χ1n) is 4.99. The van der Waals surface area contributed by atoms with Gasteiger partial charge in [0.25, 0.3) is 0 Å². The number of nitrogens with two attached hydrogens (primary N) is 1. The molecule has 1 aromatic heterocycles. The van der Waals surface area contributed by atoms with Crippen molar-refractivity contribution in [2.75, 3.05) is 5.01 Å². The molecule has 0 saturated heterocycles. The summed E-state index contributed by atoms with van der Waals surface area (Å²) in [5, 5.41) is 11.8. The van der Waals surface area contributed by atoms with Gasteiger partial charge in [-0.05, 0) is 18.2 Å². The first kappa shape index (κ1) is 11.1. The second-order valence-corrected chi connectivity index (χ2v) is 3.37. The number of aromatic nitrogens is 1. The number of nitrogens with zero attached hydrogens (tertiary/aromatic N) is 3. The van der Waals surface area contributed by atoms with Crippen LogP contribution in [0.25, 0.3) is 10.9 Å². The highest BCUT2D eigenvalue weighted by molar-refractivity contribution is 5.87. The van der Waals surface area contributed by atoms with Crippen LogP contribution in [-0.4, -0.2) is 16.4 Å². The van der Waals surface area contributed by atoms with Crippen molar-refractivity contribution in [3.63, 3.8) is 0 Å². The fraction of sp³-hybridized carbons (Fsp3) is 0. The van der Waals surface area contributed by atoms with Crippen LogP contribution >= 0.6 is 0 Å². The van der Waals surface area contributed by atoms with E-state index in [4.69, 9.17) is 5.84 Å². The van der Waals surface area contributed by atoms with E-state index < -0.39 is 0 Å². The molecule has 0 aliphatic heterocycles. The van der Waals surface area contributed by atoms with E-state index in [1.165, 1.54) is 17.5 Å². The van der Waals surface area contributed by atoms with Crippen LogP contribution in [0, 0.1) is 0 Å². The molecule has 0 spiro atoms. The van der Waals surface area contributed by atoms with Crippen molar-refractivity contribution in [1.82, 2.24) is 4.98 Å². The molecule has 0 saturated carbocycles. The Morgan fingerprint density at radius 1 is 1.35 bits per heavy atom. The summed E-state index contributed by atoms with van der Waals surface area (Å²) in [4.78, 5) is 8.04. The first-order chi connectivity index (χ1) is 8.22. The van der Waals surface area contributed by atoms with Crippen LogP contribution in [0.1, 0.15) is 0 Å². The third-order valence-electron chi connectivity index (χ3n) is 2.25. The molecule has 1 heterocycles. The fourth-order valence-corrected chi connectivity index (χ4v) is 1.44. The predicted molar refractivity (Wildman–Crippen MR) is 68.8 cm³/mol. The number of hydrogen-bond acceptors (Lipinski definition) is 4. The Morgan fingerprint density at radius 2 is 2.18 bits per heavy atom. The van der Waals surface area contributed by atoms with Gasteiger partial charge in [-0.25, -0.2) is 15.8 Å². The van der Waals surface area contributed by atoms with Crippen molar-refractivity contribution >= 4 is 23.1 Å². The molecule has 2 aromatic rings. The zero-order valence-corrected chi connectivity index (χ0v) is 9.11. The molecule has 5 nitrogen and oxygen atoms in total. The van der Waals surface area contributed by atoms with Crippen LogP contribution in [0.2, 0.25) is 0 Å². The maximum absolute atomic E-state index is 9.68. The van der Waals surface area contributed by atoms with E-state index in [0.717, 1.165) is 5.39 Å². The average Bonchev–Trinajstić information content (AvgIpc) is 2.36. The smallest absolute Gasteiger partial charge is 0.148 e. The normalized spacial score (nSPS) is 10.9. The van der Waals surface area contributed by atoms with E-state index in [9.17, 15) is 5.11 Å². The molecular formula is C12H12N4O. The molecule has 3 N–H and O–H groups in total. The van der Waals surface area contributed by atoms with Crippen LogP contribution in [0.3, 0.4) is 0 Å². The van der Waals surface area contributed by atoms with Gasteiger partial charge >= 0.3 is 0 Å². The number of hydrazine groups is 1. The third kappa shape index (κ3) is 2.24. The summed E-state index contributed by atoms with van der Waals surface area (Å²) < 4.78 is 0. The number of rotatable bonds is 3. The molecule has 0 aliphatic carbocycles. The number of benzene rings is 1. The number of aromatic hydroxyl groups is 1. The van der Waals surface area contributed by atoms with Gasteiger partial charge in [0.2, 0.25) is 0 Å². The number of para-hydroxylation sites is 1. The minimum Gasteiger partial charge on any atom is -0.506 e. The SMILES string of the molecule is C=CN=CN(N)c1ccc2cccc(O)c2n1. The number of hydrogen-bond donors (Lipinski definition) is 2. The molecule has 5 heteroatoms. The first-order valence-corrected chi connectivity index (χ1v) is 4.99. The standard InChI is InChI=1S/C12H12N4O/c1-2-14-8-16(13)11-7-6-9-4-3-5-10(17)12(9)15-11/h2-8,17H,1,13H2. The molecule has 0 aliphatic rings. The molecule has 1 aromatic carbocycles. The number of anilines is 1. The summed E-state index contributed by atoms with van der Waals surface area (Å²) in [6.45, 7) is 3.45. The molecule has 0 bridgehead atoms. The van der Waals surface area contributed by atoms with E-state index >= 15 is 0 Å². The molecule has 0 amide bonds. The second-order valence-electron chi connectivity index (χ2n) is 3.37. The van der Waals surface area contributed by atoms with Crippen LogP contribution in [0.4, 0.5) is 5.82 Å². The maximum Gasteiger partial charge on any atom is 0.148 e. The molecule has 0 unspecified atom stereocenters. The molecule has 0 fully saturated rings. The Morgan fingerprint density at radius 3 is 2.94 bits per heavy atom. The Balaban J connectivity index is 2.47. The minimum atomic E-state index is 0.124. The Kier molecular flexibility index (Phi) is 3.02. The lowest BCUT2D eigenvalue weighted by molar-refractivity contribution is 0.480. The zero-order valence-electron chi connectivity index (χ0n) is 9.11. The molecule has 17 heavy (non-hydrogen) atoms. The largest absolute Gasteiger partial charge is 0.506 e.